The molecule has 0 bridgehead atoms. The number of ether oxygens (including phenoxy) is 1. The summed E-state index contributed by atoms with van der Waals surface area (Å²) in [5, 5.41) is 11.2. The minimum Gasteiger partial charge on any atom is -0.389 e. The molecule has 3 unspecified atom stereocenters. The van der Waals surface area contributed by atoms with Gasteiger partial charge in [-0.25, -0.2) is 0 Å². The first-order chi connectivity index (χ1) is 9.19. The highest BCUT2D eigenvalue weighted by Crippen LogP contribution is 2.50. The smallest absolute Gasteiger partial charge is 0.0705 e. The van der Waals surface area contributed by atoms with Crippen molar-refractivity contribution in [1.82, 2.24) is 0 Å². The Kier molecular flexibility index (Phi) is 3.92. The van der Waals surface area contributed by atoms with Crippen LogP contribution in [-0.4, -0.2) is 22.9 Å². The van der Waals surface area contributed by atoms with Crippen LogP contribution >= 0.6 is 0 Å². The Hall–Kier alpha value is -0.0800. The van der Waals surface area contributed by atoms with E-state index in [4.69, 9.17) is 4.74 Å². The summed E-state index contributed by atoms with van der Waals surface area (Å²) in [6.07, 6.45) is 13.3. The fourth-order valence-corrected chi connectivity index (χ4v) is 5.18. The van der Waals surface area contributed by atoms with Crippen LogP contribution in [0.3, 0.4) is 0 Å². The molecule has 3 fully saturated rings. The summed E-state index contributed by atoms with van der Waals surface area (Å²) in [6.45, 7) is 3.13. The quantitative estimate of drug-likeness (QED) is 0.817. The van der Waals surface area contributed by atoms with E-state index < -0.39 is 0 Å². The Morgan fingerprint density at radius 2 is 1.84 bits per heavy atom. The fraction of sp³-hybridized carbons (Fsp3) is 1.00. The molecule has 0 aromatic rings. The van der Waals surface area contributed by atoms with Gasteiger partial charge in [0.25, 0.3) is 0 Å². The Labute approximate surface area is 117 Å². The van der Waals surface area contributed by atoms with Crippen molar-refractivity contribution in [3.05, 3.63) is 0 Å². The van der Waals surface area contributed by atoms with Crippen molar-refractivity contribution < 1.29 is 9.84 Å². The van der Waals surface area contributed by atoms with Gasteiger partial charge in [-0.15, -0.1) is 0 Å². The molecule has 0 amide bonds. The molecule has 2 aliphatic carbocycles. The van der Waals surface area contributed by atoms with Gasteiger partial charge in [0.1, 0.15) is 0 Å². The maximum atomic E-state index is 11.2. The van der Waals surface area contributed by atoms with Crippen LogP contribution in [0.4, 0.5) is 0 Å². The van der Waals surface area contributed by atoms with Gasteiger partial charge < -0.3 is 9.84 Å². The molecule has 3 atom stereocenters. The summed E-state index contributed by atoms with van der Waals surface area (Å²) in [5.74, 6) is 1.03. The molecule has 19 heavy (non-hydrogen) atoms. The zero-order chi connectivity index (χ0) is 13.3. The highest BCUT2D eigenvalue weighted by atomic mass is 16.5. The van der Waals surface area contributed by atoms with Gasteiger partial charge in [0.2, 0.25) is 0 Å². The van der Waals surface area contributed by atoms with Crippen molar-refractivity contribution in [2.75, 3.05) is 6.61 Å². The Balaban J connectivity index is 1.74. The van der Waals surface area contributed by atoms with Gasteiger partial charge in [-0.2, -0.15) is 0 Å². The summed E-state index contributed by atoms with van der Waals surface area (Å²) in [4.78, 5) is 0. The highest BCUT2D eigenvalue weighted by molar-refractivity contribution is 5.01. The lowest BCUT2D eigenvalue weighted by Crippen LogP contribution is -2.50. The summed E-state index contributed by atoms with van der Waals surface area (Å²) in [7, 11) is 0. The topological polar surface area (TPSA) is 29.5 Å². The van der Waals surface area contributed by atoms with E-state index in [1.54, 1.807) is 0 Å². The van der Waals surface area contributed by atoms with Gasteiger partial charge in [-0.1, -0.05) is 39.0 Å². The van der Waals surface area contributed by atoms with Crippen LogP contribution in [0.2, 0.25) is 0 Å². The van der Waals surface area contributed by atoms with Crippen molar-refractivity contribution in [1.29, 1.82) is 0 Å². The number of rotatable bonds is 2. The maximum Gasteiger partial charge on any atom is 0.0705 e. The first-order valence-corrected chi connectivity index (χ1v) is 8.55. The van der Waals surface area contributed by atoms with Crippen molar-refractivity contribution in [2.24, 2.45) is 11.8 Å². The molecule has 2 nitrogen and oxygen atoms in total. The monoisotopic (exact) mass is 266 g/mol. The first kappa shape index (κ1) is 13.9. The molecule has 1 saturated heterocycles. The molecular formula is C17H30O2. The summed E-state index contributed by atoms with van der Waals surface area (Å²) in [6, 6.07) is 0. The second-order valence-corrected chi connectivity index (χ2v) is 7.27. The van der Waals surface area contributed by atoms with Crippen LogP contribution in [-0.2, 0) is 4.74 Å². The molecule has 3 rings (SSSR count). The molecule has 0 aromatic heterocycles. The van der Waals surface area contributed by atoms with E-state index in [0.29, 0.717) is 11.8 Å². The SMILES string of the molecule is CCC1CCCC1(O)C1CCOC2(CCCCC2)C1. The first-order valence-electron chi connectivity index (χ1n) is 8.55. The van der Waals surface area contributed by atoms with E-state index in [1.165, 1.54) is 44.9 Å². The van der Waals surface area contributed by atoms with E-state index >= 15 is 0 Å². The Bertz CT molecular complexity index is 303. The highest BCUT2D eigenvalue weighted by Gasteiger charge is 2.50. The second kappa shape index (κ2) is 5.37. The van der Waals surface area contributed by atoms with Crippen molar-refractivity contribution in [3.8, 4) is 0 Å². The molecule has 0 radical (unpaired) electrons. The zero-order valence-corrected chi connectivity index (χ0v) is 12.5. The molecule has 1 spiro atoms. The number of hydrogen-bond donors (Lipinski definition) is 1. The van der Waals surface area contributed by atoms with E-state index in [1.807, 2.05) is 0 Å². The third-order valence-electron chi connectivity index (χ3n) is 6.29. The third-order valence-corrected chi connectivity index (χ3v) is 6.29. The van der Waals surface area contributed by atoms with E-state index in [9.17, 15) is 5.11 Å². The number of hydrogen-bond acceptors (Lipinski definition) is 2. The lowest BCUT2D eigenvalue weighted by Gasteiger charge is -2.49. The van der Waals surface area contributed by atoms with Crippen LogP contribution in [0.1, 0.15) is 77.6 Å². The average Bonchev–Trinajstić information content (AvgIpc) is 2.82. The lowest BCUT2D eigenvalue weighted by atomic mass is 9.67. The van der Waals surface area contributed by atoms with E-state index in [-0.39, 0.29) is 11.2 Å². The van der Waals surface area contributed by atoms with Crippen molar-refractivity contribution in [3.63, 3.8) is 0 Å². The van der Waals surface area contributed by atoms with Gasteiger partial charge in [0.05, 0.1) is 11.2 Å². The minimum absolute atomic E-state index is 0.137. The van der Waals surface area contributed by atoms with Crippen LogP contribution < -0.4 is 0 Å². The van der Waals surface area contributed by atoms with E-state index in [2.05, 4.69) is 6.92 Å². The van der Waals surface area contributed by atoms with Gasteiger partial charge in [0, 0.05) is 6.61 Å². The predicted molar refractivity (Wildman–Crippen MR) is 77.1 cm³/mol. The molecule has 1 aliphatic heterocycles. The standard InChI is InChI=1S/C17H30O2/c1-2-14-7-6-11-17(14,18)15-8-12-19-16(13-15)9-4-3-5-10-16/h14-15,18H,2-13H2,1H3. The Morgan fingerprint density at radius 1 is 1.05 bits per heavy atom. The molecular weight excluding hydrogens is 236 g/mol. The fourth-order valence-electron chi connectivity index (χ4n) is 5.18. The molecule has 1 N–H and O–H groups in total. The van der Waals surface area contributed by atoms with Crippen LogP contribution in [0.25, 0.3) is 0 Å². The van der Waals surface area contributed by atoms with Gasteiger partial charge >= 0.3 is 0 Å². The summed E-state index contributed by atoms with van der Waals surface area (Å²) >= 11 is 0. The van der Waals surface area contributed by atoms with Crippen molar-refractivity contribution in [2.45, 2.75) is 88.8 Å². The predicted octanol–water partition coefficient (Wildman–Crippen LogP) is 4.06. The van der Waals surface area contributed by atoms with Crippen LogP contribution in [0.5, 0.6) is 0 Å². The normalized spacial score (nSPS) is 42.6. The third kappa shape index (κ3) is 2.47. The molecule has 0 aromatic carbocycles. The second-order valence-electron chi connectivity index (χ2n) is 7.27. The molecule has 2 heteroatoms. The van der Waals surface area contributed by atoms with Gasteiger partial charge in [-0.3, -0.25) is 0 Å². The maximum absolute atomic E-state index is 11.2. The van der Waals surface area contributed by atoms with Crippen LogP contribution in [0, 0.1) is 11.8 Å². The molecule has 110 valence electrons. The number of aliphatic hydroxyl groups is 1. The average molecular weight is 266 g/mol. The largest absolute Gasteiger partial charge is 0.389 e. The minimum atomic E-state index is -0.372. The van der Waals surface area contributed by atoms with Crippen molar-refractivity contribution >= 4 is 0 Å². The molecule has 2 saturated carbocycles. The molecule has 1 heterocycles. The van der Waals surface area contributed by atoms with Gasteiger partial charge in [-0.05, 0) is 50.4 Å². The summed E-state index contributed by atoms with van der Waals surface area (Å²) < 4.78 is 6.20. The van der Waals surface area contributed by atoms with Gasteiger partial charge in [0.15, 0.2) is 0 Å². The van der Waals surface area contributed by atoms with E-state index in [0.717, 1.165) is 32.3 Å². The Morgan fingerprint density at radius 3 is 2.58 bits per heavy atom. The lowest BCUT2D eigenvalue weighted by molar-refractivity contribution is -0.165. The zero-order valence-electron chi connectivity index (χ0n) is 12.5. The summed E-state index contributed by atoms with van der Waals surface area (Å²) in [5.41, 5.74) is -0.235. The molecule has 3 aliphatic rings. The van der Waals surface area contributed by atoms with Crippen LogP contribution in [0.15, 0.2) is 0 Å².